The summed E-state index contributed by atoms with van der Waals surface area (Å²) in [5.41, 5.74) is 1.33. The van der Waals surface area contributed by atoms with E-state index >= 15 is 0 Å². The van der Waals surface area contributed by atoms with Crippen LogP contribution in [-0.4, -0.2) is 11.7 Å². The van der Waals surface area contributed by atoms with Gasteiger partial charge in [0.15, 0.2) is 11.6 Å². The molecule has 0 saturated heterocycles. The van der Waals surface area contributed by atoms with Crippen LogP contribution in [0.5, 0.6) is 11.5 Å². The number of anilines is 1. The maximum absolute atomic E-state index is 13.1. The molecular formula is C14H12F3NO2. The van der Waals surface area contributed by atoms with Crippen LogP contribution in [0.3, 0.4) is 0 Å². The van der Waals surface area contributed by atoms with Crippen molar-refractivity contribution in [1.29, 1.82) is 0 Å². The van der Waals surface area contributed by atoms with Crippen molar-refractivity contribution < 1.29 is 23.0 Å². The van der Waals surface area contributed by atoms with E-state index in [1.165, 1.54) is 24.3 Å². The first-order valence-electron chi connectivity index (χ1n) is 5.81. The first-order chi connectivity index (χ1) is 9.54. The standard InChI is InChI=1S/C14H12F3NO2/c15-12-7-9(1-6-13(12)19)8-18-10-2-4-11(5-3-10)20-14(16)17/h1-7,14,18-19H,8H2. The van der Waals surface area contributed by atoms with Gasteiger partial charge in [0.2, 0.25) is 0 Å². The summed E-state index contributed by atoms with van der Waals surface area (Å²) in [6.45, 7) is -2.51. The van der Waals surface area contributed by atoms with E-state index in [-0.39, 0.29) is 5.75 Å². The summed E-state index contributed by atoms with van der Waals surface area (Å²) in [5.74, 6) is -1.02. The van der Waals surface area contributed by atoms with E-state index in [1.807, 2.05) is 0 Å². The van der Waals surface area contributed by atoms with E-state index in [1.54, 1.807) is 18.2 Å². The molecule has 0 spiro atoms. The van der Waals surface area contributed by atoms with Crippen LogP contribution in [0.4, 0.5) is 18.9 Å². The van der Waals surface area contributed by atoms with Gasteiger partial charge in [-0.15, -0.1) is 0 Å². The second-order valence-electron chi connectivity index (χ2n) is 4.04. The molecule has 0 amide bonds. The number of benzene rings is 2. The topological polar surface area (TPSA) is 41.5 Å². The van der Waals surface area contributed by atoms with Gasteiger partial charge in [-0.05, 0) is 42.0 Å². The Morgan fingerprint density at radius 2 is 1.80 bits per heavy atom. The van der Waals surface area contributed by atoms with Gasteiger partial charge in [-0.25, -0.2) is 4.39 Å². The molecule has 0 aromatic heterocycles. The van der Waals surface area contributed by atoms with Gasteiger partial charge in [-0.3, -0.25) is 0 Å². The summed E-state index contributed by atoms with van der Waals surface area (Å²) in [7, 11) is 0. The van der Waals surface area contributed by atoms with E-state index in [0.29, 0.717) is 17.8 Å². The molecule has 0 bridgehead atoms. The summed E-state index contributed by atoms with van der Waals surface area (Å²) < 4.78 is 41.3. The molecule has 0 fully saturated rings. The van der Waals surface area contributed by atoms with Gasteiger partial charge in [0.05, 0.1) is 0 Å². The number of phenolic OH excluding ortho intramolecular Hbond substituents is 1. The number of halogens is 3. The monoisotopic (exact) mass is 283 g/mol. The van der Waals surface area contributed by atoms with Crippen LogP contribution in [0.2, 0.25) is 0 Å². The van der Waals surface area contributed by atoms with Crippen LogP contribution in [-0.2, 0) is 6.54 Å². The molecule has 6 heteroatoms. The van der Waals surface area contributed by atoms with Gasteiger partial charge < -0.3 is 15.2 Å². The van der Waals surface area contributed by atoms with E-state index in [9.17, 15) is 13.2 Å². The highest BCUT2D eigenvalue weighted by Gasteiger charge is 2.04. The Balaban J connectivity index is 1.95. The summed E-state index contributed by atoms with van der Waals surface area (Å²) in [4.78, 5) is 0. The van der Waals surface area contributed by atoms with Crippen molar-refractivity contribution in [1.82, 2.24) is 0 Å². The molecule has 0 unspecified atom stereocenters. The predicted molar refractivity (Wildman–Crippen MR) is 68.5 cm³/mol. The summed E-state index contributed by atoms with van der Waals surface area (Å²) in [6, 6.07) is 10.0. The van der Waals surface area contributed by atoms with Gasteiger partial charge in [-0.1, -0.05) is 6.07 Å². The molecule has 20 heavy (non-hydrogen) atoms. The van der Waals surface area contributed by atoms with Crippen molar-refractivity contribution in [3.05, 3.63) is 53.8 Å². The maximum Gasteiger partial charge on any atom is 0.387 e. The zero-order valence-corrected chi connectivity index (χ0v) is 10.3. The Kier molecular flexibility index (Phi) is 4.34. The molecule has 0 radical (unpaired) electrons. The van der Waals surface area contributed by atoms with Crippen molar-refractivity contribution in [2.75, 3.05) is 5.32 Å². The molecule has 2 N–H and O–H groups in total. The molecule has 2 aromatic carbocycles. The smallest absolute Gasteiger partial charge is 0.387 e. The number of ether oxygens (including phenoxy) is 1. The molecule has 3 nitrogen and oxygen atoms in total. The quantitative estimate of drug-likeness (QED) is 0.878. The first-order valence-corrected chi connectivity index (χ1v) is 5.81. The summed E-state index contributed by atoms with van der Waals surface area (Å²) in [5, 5.41) is 12.1. The van der Waals surface area contributed by atoms with E-state index in [0.717, 1.165) is 0 Å². The molecule has 0 aliphatic rings. The van der Waals surface area contributed by atoms with Crippen molar-refractivity contribution in [2.24, 2.45) is 0 Å². The van der Waals surface area contributed by atoms with E-state index in [2.05, 4.69) is 10.1 Å². The third-order valence-electron chi connectivity index (χ3n) is 2.59. The Hall–Kier alpha value is -2.37. The minimum absolute atomic E-state index is 0.0706. The molecular weight excluding hydrogens is 271 g/mol. The second kappa shape index (κ2) is 6.18. The third-order valence-corrected chi connectivity index (χ3v) is 2.59. The van der Waals surface area contributed by atoms with Crippen molar-refractivity contribution in [3.8, 4) is 11.5 Å². The van der Waals surface area contributed by atoms with Gasteiger partial charge in [0.1, 0.15) is 5.75 Å². The highest BCUT2D eigenvalue weighted by Crippen LogP contribution is 2.20. The fourth-order valence-corrected chi connectivity index (χ4v) is 1.62. The molecule has 0 aliphatic heterocycles. The fourth-order valence-electron chi connectivity index (χ4n) is 1.62. The van der Waals surface area contributed by atoms with E-state index < -0.39 is 18.2 Å². The number of hydrogen-bond donors (Lipinski definition) is 2. The summed E-state index contributed by atoms with van der Waals surface area (Å²) in [6.07, 6.45) is 0. The molecule has 0 atom stereocenters. The normalized spacial score (nSPS) is 10.6. The highest BCUT2D eigenvalue weighted by atomic mass is 19.3. The van der Waals surface area contributed by atoms with Crippen LogP contribution in [0.25, 0.3) is 0 Å². The minimum atomic E-state index is -2.85. The van der Waals surface area contributed by atoms with Crippen LogP contribution >= 0.6 is 0 Å². The largest absolute Gasteiger partial charge is 0.505 e. The third kappa shape index (κ3) is 3.81. The lowest BCUT2D eigenvalue weighted by molar-refractivity contribution is -0.0498. The number of rotatable bonds is 5. The Labute approximate surface area is 113 Å². The SMILES string of the molecule is Oc1ccc(CNc2ccc(OC(F)F)cc2)cc1F. The maximum atomic E-state index is 13.1. The molecule has 0 aliphatic carbocycles. The number of alkyl halides is 2. The van der Waals surface area contributed by atoms with Crippen molar-refractivity contribution in [3.63, 3.8) is 0 Å². The minimum Gasteiger partial charge on any atom is -0.505 e. The highest BCUT2D eigenvalue weighted by molar-refractivity contribution is 5.47. The number of nitrogens with one attached hydrogen (secondary N) is 1. The van der Waals surface area contributed by atoms with Crippen LogP contribution < -0.4 is 10.1 Å². The Morgan fingerprint density at radius 3 is 2.40 bits per heavy atom. The molecule has 2 rings (SSSR count). The fraction of sp³-hybridized carbons (Fsp3) is 0.143. The average molecular weight is 283 g/mol. The van der Waals surface area contributed by atoms with Gasteiger partial charge in [-0.2, -0.15) is 8.78 Å². The Morgan fingerprint density at radius 1 is 1.10 bits per heavy atom. The van der Waals surface area contributed by atoms with Gasteiger partial charge in [0.25, 0.3) is 0 Å². The number of phenols is 1. The van der Waals surface area contributed by atoms with Crippen LogP contribution in [0.15, 0.2) is 42.5 Å². The molecule has 2 aromatic rings. The average Bonchev–Trinajstić information content (AvgIpc) is 2.41. The van der Waals surface area contributed by atoms with E-state index in [4.69, 9.17) is 5.11 Å². The lowest BCUT2D eigenvalue weighted by atomic mass is 10.2. The molecule has 0 saturated carbocycles. The molecule has 0 heterocycles. The molecule has 106 valence electrons. The van der Waals surface area contributed by atoms with Crippen LogP contribution in [0, 0.1) is 5.82 Å². The predicted octanol–water partition coefficient (Wildman–Crippen LogP) is 3.74. The van der Waals surface area contributed by atoms with Gasteiger partial charge >= 0.3 is 6.61 Å². The lowest BCUT2D eigenvalue weighted by Gasteiger charge is -2.09. The Bertz CT molecular complexity index is 573. The number of aromatic hydroxyl groups is 1. The summed E-state index contributed by atoms with van der Waals surface area (Å²) >= 11 is 0. The zero-order valence-electron chi connectivity index (χ0n) is 10.3. The van der Waals surface area contributed by atoms with Crippen LogP contribution in [0.1, 0.15) is 5.56 Å². The second-order valence-corrected chi connectivity index (χ2v) is 4.04. The van der Waals surface area contributed by atoms with Crippen molar-refractivity contribution in [2.45, 2.75) is 13.2 Å². The lowest BCUT2D eigenvalue weighted by Crippen LogP contribution is -2.02. The van der Waals surface area contributed by atoms with Gasteiger partial charge in [0, 0.05) is 12.2 Å². The first kappa shape index (κ1) is 14.0. The zero-order chi connectivity index (χ0) is 14.5. The van der Waals surface area contributed by atoms with Crippen molar-refractivity contribution >= 4 is 5.69 Å². The number of hydrogen-bond acceptors (Lipinski definition) is 3.